The van der Waals surface area contributed by atoms with Crippen LogP contribution >= 0.6 is 0 Å². The van der Waals surface area contributed by atoms with Crippen molar-refractivity contribution in [2.24, 2.45) is 5.92 Å². The molecule has 5 heteroatoms. The number of urea groups is 1. The molecule has 0 saturated heterocycles. The van der Waals surface area contributed by atoms with Crippen LogP contribution in [0.5, 0.6) is 0 Å². The first-order chi connectivity index (χ1) is 12.4. The van der Waals surface area contributed by atoms with Crippen LogP contribution in [-0.4, -0.2) is 41.1 Å². The Labute approximate surface area is 155 Å². The molecule has 1 saturated carbocycles. The number of aryl methyl sites for hydroxylation is 2. The van der Waals surface area contributed by atoms with E-state index in [2.05, 4.69) is 43.4 Å². The molecule has 2 N–H and O–H groups in total. The smallest absolute Gasteiger partial charge is 0.317 e. The Hall–Kier alpha value is -2.30. The number of hydrogen-bond acceptors (Lipinski definition) is 2. The van der Waals surface area contributed by atoms with E-state index in [0.717, 1.165) is 25.8 Å². The fraction of sp³-hybridized carbons (Fsp3) is 0.524. The Morgan fingerprint density at radius 3 is 2.27 bits per heavy atom. The molecule has 3 rings (SSSR count). The molecule has 1 aliphatic heterocycles. The molecule has 140 valence electrons. The summed E-state index contributed by atoms with van der Waals surface area (Å²) in [7, 11) is 0. The van der Waals surface area contributed by atoms with Crippen LogP contribution in [0.4, 0.5) is 4.79 Å². The fourth-order valence-corrected chi connectivity index (χ4v) is 4.03. The number of carboxylic acid groups (broad SMARTS) is 1. The van der Waals surface area contributed by atoms with Gasteiger partial charge in [-0.2, -0.15) is 0 Å². The third-order valence-electron chi connectivity index (χ3n) is 5.49. The largest absolute Gasteiger partial charge is 0.481 e. The summed E-state index contributed by atoms with van der Waals surface area (Å²) in [5.41, 5.74) is 5.09. The Bertz CT molecular complexity index is 698. The minimum absolute atomic E-state index is 0.0282. The monoisotopic (exact) mass is 356 g/mol. The van der Waals surface area contributed by atoms with Crippen molar-refractivity contribution in [2.45, 2.75) is 52.0 Å². The third-order valence-corrected chi connectivity index (χ3v) is 5.49. The Morgan fingerprint density at radius 1 is 1.08 bits per heavy atom. The van der Waals surface area contributed by atoms with Crippen molar-refractivity contribution in [1.29, 1.82) is 0 Å². The van der Waals surface area contributed by atoms with E-state index in [1.165, 1.54) is 22.3 Å². The lowest BCUT2D eigenvalue weighted by Crippen LogP contribution is -2.47. The lowest BCUT2D eigenvalue weighted by atomic mass is 9.86. The van der Waals surface area contributed by atoms with E-state index in [4.69, 9.17) is 5.11 Å². The maximum absolute atomic E-state index is 12.5. The zero-order valence-corrected chi connectivity index (χ0v) is 15.6. The highest BCUT2D eigenvalue weighted by Gasteiger charge is 2.28. The van der Waals surface area contributed by atoms with E-state index in [0.29, 0.717) is 19.4 Å². The number of nitrogens with zero attached hydrogens (tertiary/aromatic N) is 1. The predicted molar refractivity (Wildman–Crippen MR) is 102 cm³/mol. The SMILES string of the molecule is Cc1cc(C)cc(C2=CCN(C(=O)NC3CCC(C(=O)O)CC3)CC2)c1. The van der Waals surface area contributed by atoms with E-state index in [1.54, 1.807) is 0 Å². The van der Waals surface area contributed by atoms with Crippen LogP contribution in [-0.2, 0) is 4.79 Å². The van der Waals surface area contributed by atoms with E-state index in [-0.39, 0.29) is 18.0 Å². The average molecular weight is 356 g/mol. The number of aliphatic carboxylic acids is 1. The second-order valence-electron chi connectivity index (χ2n) is 7.64. The summed E-state index contributed by atoms with van der Waals surface area (Å²) in [6.45, 7) is 5.56. The normalized spacial score (nSPS) is 23.3. The molecule has 2 aliphatic rings. The van der Waals surface area contributed by atoms with Gasteiger partial charge in [-0.3, -0.25) is 4.79 Å². The molecule has 1 heterocycles. The van der Waals surface area contributed by atoms with Crippen LogP contribution in [0.1, 0.15) is 48.8 Å². The van der Waals surface area contributed by atoms with Gasteiger partial charge in [0.2, 0.25) is 0 Å². The zero-order chi connectivity index (χ0) is 18.7. The van der Waals surface area contributed by atoms with Crippen molar-refractivity contribution in [3.63, 3.8) is 0 Å². The van der Waals surface area contributed by atoms with Crippen LogP contribution in [0.3, 0.4) is 0 Å². The second kappa shape index (κ2) is 7.94. The molecule has 0 bridgehead atoms. The minimum atomic E-state index is -0.713. The highest BCUT2D eigenvalue weighted by Crippen LogP contribution is 2.26. The van der Waals surface area contributed by atoms with E-state index in [1.807, 2.05) is 4.90 Å². The maximum atomic E-state index is 12.5. The van der Waals surface area contributed by atoms with Crippen molar-refractivity contribution in [1.82, 2.24) is 10.2 Å². The molecule has 1 fully saturated rings. The zero-order valence-electron chi connectivity index (χ0n) is 15.6. The second-order valence-corrected chi connectivity index (χ2v) is 7.64. The van der Waals surface area contributed by atoms with Crippen LogP contribution in [0.2, 0.25) is 0 Å². The first-order valence-electron chi connectivity index (χ1n) is 9.48. The molecular formula is C21H28N2O3. The van der Waals surface area contributed by atoms with Gasteiger partial charge in [-0.05, 0) is 57.1 Å². The van der Waals surface area contributed by atoms with Crippen molar-refractivity contribution in [2.75, 3.05) is 13.1 Å². The van der Waals surface area contributed by atoms with Gasteiger partial charge in [0.05, 0.1) is 5.92 Å². The van der Waals surface area contributed by atoms with Gasteiger partial charge in [0, 0.05) is 19.1 Å². The van der Waals surface area contributed by atoms with Crippen molar-refractivity contribution in [3.8, 4) is 0 Å². The number of carbonyl (C=O) groups excluding carboxylic acids is 1. The molecule has 0 unspecified atom stereocenters. The van der Waals surface area contributed by atoms with E-state index < -0.39 is 5.97 Å². The molecule has 1 aromatic rings. The van der Waals surface area contributed by atoms with E-state index >= 15 is 0 Å². The number of hydrogen-bond donors (Lipinski definition) is 2. The summed E-state index contributed by atoms with van der Waals surface area (Å²) >= 11 is 0. The number of nitrogens with one attached hydrogen (secondary N) is 1. The molecule has 1 aromatic carbocycles. The lowest BCUT2D eigenvalue weighted by Gasteiger charge is -2.31. The van der Waals surface area contributed by atoms with Gasteiger partial charge in [0.25, 0.3) is 0 Å². The summed E-state index contributed by atoms with van der Waals surface area (Å²) in [4.78, 5) is 25.4. The summed E-state index contributed by atoms with van der Waals surface area (Å²) in [5, 5.41) is 12.1. The minimum Gasteiger partial charge on any atom is -0.481 e. The summed E-state index contributed by atoms with van der Waals surface area (Å²) < 4.78 is 0. The maximum Gasteiger partial charge on any atom is 0.317 e. The molecule has 1 aliphatic carbocycles. The number of rotatable bonds is 3. The highest BCUT2D eigenvalue weighted by atomic mass is 16.4. The molecular weight excluding hydrogens is 328 g/mol. The average Bonchev–Trinajstić information content (AvgIpc) is 2.61. The summed E-state index contributed by atoms with van der Waals surface area (Å²) in [6, 6.07) is 6.65. The quantitative estimate of drug-likeness (QED) is 0.867. The molecule has 0 atom stereocenters. The van der Waals surface area contributed by atoms with Gasteiger partial charge in [-0.25, -0.2) is 4.79 Å². The molecule has 0 radical (unpaired) electrons. The van der Waals surface area contributed by atoms with Gasteiger partial charge in [0.15, 0.2) is 0 Å². The summed E-state index contributed by atoms with van der Waals surface area (Å²) in [6.07, 6.45) is 5.81. The number of benzene rings is 1. The van der Waals surface area contributed by atoms with Gasteiger partial charge in [0.1, 0.15) is 0 Å². The number of carbonyl (C=O) groups is 2. The molecule has 26 heavy (non-hydrogen) atoms. The predicted octanol–water partition coefficient (Wildman–Crippen LogP) is 3.75. The molecule has 2 amide bonds. The number of carboxylic acids is 1. The molecule has 0 aromatic heterocycles. The highest BCUT2D eigenvalue weighted by molar-refractivity contribution is 5.77. The first-order valence-corrected chi connectivity index (χ1v) is 9.48. The fourth-order valence-electron chi connectivity index (χ4n) is 4.03. The Kier molecular flexibility index (Phi) is 5.64. The third kappa shape index (κ3) is 4.45. The standard InChI is InChI=1S/C21H28N2O3/c1-14-11-15(2)13-18(12-14)16-7-9-23(10-8-16)21(26)22-19-5-3-17(4-6-19)20(24)25/h7,11-13,17,19H,3-6,8-10H2,1-2H3,(H,22,26)(H,24,25). The van der Waals surface area contributed by atoms with Crippen molar-refractivity contribution >= 4 is 17.6 Å². The number of amides is 2. The van der Waals surface area contributed by atoms with Crippen molar-refractivity contribution in [3.05, 3.63) is 41.0 Å². The van der Waals surface area contributed by atoms with Crippen LogP contribution in [0, 0.1) is 19.8 Å². The Morgan fingerprint density at radius 2 is 1.73 bits per heavy atom. The van der Waals surface area contributed by atoms with Gasteiger partial charge >= 0.3 is 12.0 Å². The van der Waals surface area contributed by atoms with Gasteiger partial charge < -0.3 is 15.3 Å². The van der Waals surface area contributed by atoms with E-state index in [9.17, 15) is 9.59 Å². The van der Waals surface area contributed by atoms with Crippen LogP contribution < -0.4 is 5.32 Å². The first kappa shape index (κ1) is 18.5. The molecule has 0 spiro atoms. The van der Waals surface area contributed by atoms with Crippen LogP contribution in [0.25, 0.3) is 5.57 Å². The van der Waals surface area contributed by atoms with Gasteiger partial charge in [-0.1, -0.05) is 35.4 Å². The molecule has 5 nitrogen and oxygen atoms in total. The lowest BCUT2D eigenvalue weighted by molar-refractivity contribution is -0.142. The Balaban J connectivity index is 1.53. The summed E-state index contributed by atoms with van der Waals surface area (Å²) in [5.74, 6) is -0.962. The van der Waals surface area contributed by atoms with Gasteiger partial charge in [-0.15, -0.1) is 0 Å². The van der Waals surface area contributed by atoms with Crippen LogP contribution in [0.15, 0.2) is 24.3 Å². The topological polar surface area (TPSA) is 69.6 Å². The van der Waals surface area contributed by atoms with Crippen molar-refractivity contribution < 1.29 is 14.7 Å².